The van der Waals surface area contributed by atoms with E-state index in [1.807, 2.05) is 78.9 Å². The number of hydrogen-bond donors (Lipinski definition) is 5. The first-order valence-corrected chi connectivity index (χ1v) is 19.0. The van der Waals surface area contributed by atoms with E-state index in [0.717, 1.165) is 27.6 Å². The smallest absolute Gasteiger partial charge is 0.408 e. The number of primary amides is 1. The van der Waals surface area contributed by atoms with Crippen LogP contribution in [0.15, 0.2) is 132 Å². The van der Waals surface area contributed by atoms with Gasteiger partial charge in [-0.25, -0.2) is 4.79 Å². The van der Waals surface area contributed by atoms with Crippen molar-refractivity contribution in [3.63, 3.8) is 0 Å². The number of nitrogens with two attached hydrogens (primary N) is 1. The molecule has 6 N–H and O–H groups in total. The number of benzene rings is 4. The molecule has 0 saturated heterocycles. The number of carbonyl (C=O) groups excluding carboxylic acids is 3. The predicted molar refractivity (Wildman–Crippen MR) is 201 cm³/mol. The zero-order valence-electron chi connectivity index (χ0n) is 28.8. The molecule has 0 radical (unpaired) electrons. The topological polar surface area (TPSA) is 190 Å². The highest BCUT2D eigenvalue weighted by atomic mass is 31.2. The van der Waals surface area contributed by atoms with Gasteiger partial charge in [0.1, 0.15) is 29.9 Å². The molecule has 0 bridgehead atoms. The molecular weight excluding hydrogens is 693 g/mol. The fourth-order valence-corrected chi connectivity index (χ4v) is 8.13. The van der Waals surface area contributed by atoms with E-state index in [0.29, 0.717) is 11.3 Å². The van der Waals surface area contributed by atoms with Crippen molar-refractivity contribution in [3.05, 3.63) is 150 Å². The molecule has 0 spiro atoms. The maximum Gasteiger partial charge on any atom is 0.408 e. The first kappa shape index (κ1) is 36.8. The van der Waals surface area contributed by atoms with E-state index < -0.39 is 49.2 Å². The molecule has 0 aliphatic heterocycles. The molecule has 0 aliphatic rings. The number of nitrogens with one attached hydrogen (secondary N) is 3. The van der Waals surface area contributed by atoms with Crippen LogP contribution in [0.3, 0.4) is 0 Å². The SMILES string of the molecule is NC(=O)[C@H](Cc1c[nH]c2ccccc12)NC(=O)[C@@H](Cc1cc(-c2ccccc2)no1)CP(=O)(O)[C@H](Cc1ccccc1)NC(=O)OCc1ccccc1. The summed E-state index contributed by atoms with van der Waals surface area (Å²) >= 11 is 0. The number of carbonyl (C=O) groups is 3. The summed E-state index contributed by atoms with van der Waals surface area (Å²) in [7, 11) is -4.43. The van der Waals surface area contributed by atoms with Crippen molar-refractivity contribution in [2.24, 2.45) is 11.7 Å². The molecule has 1 unspecified atom stereocenters. The minimum Gasteiger partial charge on any atom is -0.445 e. The Morgan fingerprint density at radius 2 is 1.47 bits per heavy atom. The van der Waals surface area contributed by atoms with E-state index in [4.69, 9.17) is 15.0 Å². The fraction of sp³-hybridized carbons (Fsp3) is 0.200. The Kier molecular flexibility index (Phi) is 11.8. The largest absolute Gasteiger partial charge is 0.445 e. The number of hydrogen-bond acceptors (Lipinski definition) is 7. The van der Waals surface area contributed by atoms with Gasteiger partial charge in [-0.05, 0) is 22.8 Å². The molecule has 12 nitrogen and oxygen atoms in total. The molecule has 2 aromatic heterocycles. The second-order valence-corrected chi connectivity index (χ2v) is 15.3. The summed E-state index contributed by atoms with van der Waals surface area (Å²) in [6, 6.07) is 35.3. The molecule has 13 heteroatoms. The van der Waals surface area contributed by atoms with Crippen LogP contribution in [0.5, 0.6) is 0 Å². The molecule has 4 aromatic carbocycles. The average molecular weight is 734 g/mol. The number of nitrogens with zero attached hydrogens (tertiary/aromatic N) is 1. The summed E-state index contributed by atoms with van der Waals surface area (Å²) in [6.45, 7) is -0.0499. The highest BCUT2D eigenvalue weighted by Gasteiger charge is 2.39. The predicted octanol–water partition coefficient (Wildman–Crippen LogP) is 5.96. The van der Waals surface area contributed by atoms with E-state index in [-0.39, 0.29) is 31.6 Å². The van der Waals surface area contributed by atoms with Gasteiger partial charge in [0.2, 0.25) is 19.2 Å². The van der Waals surface area contributed by atoms with Crippen molar-refractivity contribution in [1.82, 2.24) is 20.8 Å². The lowest BCUT2D eigenvalue weighted by atomic mass is 10.0. The van der Waals surface area contributed by atoms with Gasteiger partial charge in [-0.2, -0.15) is 0 Å². The number of amides is 3. The first-order chi connectivity index (χ1) is 25.6. The Morgan fingerprint density at radius 3 is 2.17 bits per heavy atom. The Morgan fingerprint density at radius 1 is 0.830 bits per heavy atom. The monoisotopic (exact) mass is 733 g/mol. The van der Waals surface area contributed by atoms with E-state index in [1.165, 1.54) is 0 Å². The van der Waals surface area contributed by atoms with E-state index in [9.17, 15) is 23.8 Å². The molecule has 3 amide bonds. The van der Waals surface area contributed by atoms with E-state index in [1.54, 1.807) is 48.7 Å². The number of aromatic amines is 1. The molecule has 272 valence electrons. The van der Waals surface area contributed by atoms with Gasteiger partial charge in [-0.1, -0.05) is 114 Å². The van der Waals surface area contributed by atoms with Crippen LogP contribution >= 0.6 is 7.37 Å². The van der Waals surface area contributed by atoms with Crippen molar-refractivity contribution < 1.29 is 33.1 Å². The van der Waals surface area contributed by atoms with Gasteiger partial charge in [-0.3, -0.25) is 14.2 Å². The van der Waals surface area contributed by atoms with E-state index >= 15 is 0 Å². The Labute approximate surface area is 306 Å². The van der Waals surface area contributed by atoms with Crippen molar-refractivity contribution in [1.29, 1.82) is 0 Å². The normalized spacial score (nSPS) is 14.1. The molecule has 0 aliphatic carbocycles. The van der Waals surface area contributed by atoms with Crippen LogP contribution in [-0.4, -0.2) is 50.9 Å². The summed E-state index contributed by atoms with van der Waals surface area (Å²) in [5.74, 6) is -3.70. The highest BCUT2D eigenvalue weighted by Crippen LogP contribution is 2.48. The fourth-order valence-electron chi connectivity index (χ4n) is 6.15. The van der Waals surface area contributed by atoms with Gasteiger partial charge >= 0.3 is 6.09 Å². The summed E-state index contributed by atoms with van der Waals surface area (Å²) < 4.78 is 25.5. The number of rotatable bonds is 16. The standard InChI is InChI=1S/C40H40N5O7P/c41-38(46)36(22-30-24-42-34-19-11-10-18-33(30)34)43-39(47)31(21-32-23-35(45-52-32)29-16-8-3-9-17-29)26-53(49,50)37(20-27-12-4-1-5-13-27)44-40(48)51-25-28-14-6-2-7-15-28/h1-19,23-24,31,36-37,42H,20-22,25-26H2,(H2,41,46)(H,43,47)(H,44,48)(H,49,50)/t31-,36-,37+/m0/s1. The third-order valence-electron chi connectivity index (χ3n) is 8.94. The Bertz CT molecular complexity index is 2190. The lowest BCUT2D eigenvalue weighted by Crippen LogP contribution is -2.49. The minimum atomic E-state index is -4.43. The number of H-pyrrole nitrogens is 1. The number of para-hydroxylation sites is 1. The van der Waals surface area contributed by atoms with Crippen LogP contribution in [0.25, 0.3) is 22.2 Å². The Hall–Kier alpha value is -5.97. The molecule has 0 saturated carbocycles. The van der Waals surface area contributed by atoms with Crippen LogP contribution < -0.4 is 16.4 Å². The van der Waals surface area contributed by atoms with E-state index in [2.05, 4.69) is 20.8 Å². The molecule has 4 atom stereocenters. The van der Waals surface area contributed by atoms with Crippen molar-refractivity contribution in [2.45, 2.75) is 37.7 Å². The van der Waals surface area contributed by atoms with Crippen LogP contribution in [-0.2, 0) is 44.8 Å². The lowest BCUT2D eigenvalue weighted by molar-refractivity contribution is -0.129. The summed E-state index contributed by atoms with van der Waals surface area (Å²) in [6.07, 6.45) is 0.220. The third kappa shape index (κ3) is 9.88. The summed E-state index contributed by atoms with van der Waals surface area (Å²) in [4.78, 5) is 54.9. The van der Waals surface area contributed by atoms with Gasteiger partial charge in [0.15, 0.2) is 0 Å². The van der Waals surface area contributed by atoms with Crippen LogP contribution in [0, 0.1) is 5.92 Å². The molecule has 0 fully saturated rings. The second-order valence-electron chi connectivity index (χ2n) is 12.8. The van der Waals surface area contributed by atoms with Crippen LogP contribution in [0.4, 0.5) is 4.79 Å². The van der Waals surface area contributed by atoms with Gasteiger partial charge in [0, 0.05) is 54.2 Å². The summed E-state index contributed by atoms with van der Waals surface area (Å²) in [5.41, 5.74) is 10.1. The second kappa shape index (κ2) is 17.0. The molecule has 6 rings (SSSR count). The summed E-state index contributed by atoms with van der Waals surface area (Å²) in [5, 5.41) is 10.3. The maximum absolute atomic E-state index is 14.4. The number of fused-ring (bicyclic) bond motifs is 1. The Balaban J connectivity index is 1.26. The van der Waals surface area contributed by atoms with Crippen molar-refractivity contribution in [3.8, 4) is 11.3 Å². The molecule has 6 aromatic rings. The van der Waals surface area contributed by atoms with Gasteiger partial charge in [0.25, 0.3) is 0 Å². The van der Waals surface area contributed by atoms with Gasteiger partial charge < -0.3 is 35.5 Å². The lowest BCUT2D eigenvalue weighted by Gasteiger charge is -2.28. The maximum atomic E-state index is 14.4. The van der Waals surface area contributed by atoms with Crippen molar-refractivity contribution >= 4 is 36.2 Å². The minimum absolute atomic E-state index is 0.0195. The van der Waals surface area contributed by atoms with Gasteiger partial charge in [-0.15, -0.1) is 0 Å². The van der Waals surface area contributed by atoms with Crippen LogP contribution in [0.1, 0.15) is 22.5 Å². The van der Waals surface area contributed by atoms with Crippen LogP contribution in [0.2, 0.25) is 0 Å². The number of alkyl carbamates (subject to hydrolysis) is 1. The van der Waals surface area contributed by atoms with Gasteiger partial charge in [0.05, 0.1) is 5.92 Å². The van der Waals surface area contributed by atoms with Crippen molar-refractivity contribution in [2.75, 3.05) is 6.16 Å². The number of ether oxygens (including phenoxy) is 1. The highest BCUT2D eigenvalue weighted by molar-refractivity contribution is 7.58. The third-order valence-corrected chi connectivity index (χ3v) is 11.2. The molecule has 53 heavy (non-hydrogen) atoms. The molecular formula is C40H40N5O7P. The average Bonchev–Trinajstić information content (AvgIpc) is 3.81. The zero-order chi connectivity index (χ0) is 37.2. The molecule has 2 heterocycles. The quantitative estimate of drug-likeness (QED) is 0.0753. The first-order valence-electron chi connectivity index (χ1n) is 17.1. The zero-order valence-corrected chi connectivity index (χ0v) is 29.7. The number of aromatic nitrogens is 2.